The molecule has 2 rings (SSSR count). The Morgan fingerprint density at radius 1 is 1.56 bits per heavy atom. The highest BCUT2D eigenvalue weighted by Crippen LogP contribution is 2.19. The van der Waals surface area contributed by atoms with Crippen LogP contribution < -0.4 is 5.69 Å². The van der Waals surface area contributed by atoms with Gasteiger partial charge in [-0.25, -0.2) is 9.59 Å². The molecule has 1 aromatic carbocycles. The molecule has 0 aliphatic carbocycles. The van der Waals surface area contributed by atoms with Crippen LogP contribution in [0.2, 0.25) is 0 Å². The van der Waals surface area contributed by atoms with Gasteiger partial charge in [-0.05, 0) is 24.6 Å². The number of nitrogens with one attached hydrogen (secondary N) is 1. The van der Waals surface area contributed by atoms with E-state index in [-0.39, 0.29) is 12.3 Å². The van der Waals surface area contributed by atoms with Crippen LogP contribution in [0.15, 0.2) is 23.0 Å². The second-order valence-electron chi connectivity index (χ2n) is 3.92. The molecule has 0 spiro atoms. The number of benzene rings is 1. The SMILES string of the molecule is CCOC(=O)C(O)c1ccc2c(c1)[nH]c(=O)n2C. The molecule has 1 heterocycles. The zero-order valence-electron chi connectivity index (χ0n) is 10.1. The Labute approximate surface area is 103 Å². The maximum Gasteiger partial charge on any atom is 0.339 e. The minimum absolute atomic E-state index is 0.209. The number of aromatic nitrogens is 2. The molecule has 6 heteroatoms. The summed E-state index contributed by atoms with van der Waals surface area (Å²) in [6, 6.07) is 4.83. The van der Waals surface area contributed by atoms with Crippen LogP contribution in [-0.4, -0.2) is 27.2 Å². The molecule has 2 N–H and O–H groups in total. The van der Waals surface area contributed by atoms with Crippen LogP contribution in [0, 0.1) is 0 Å². The van der Waals surface area contributed by atoms with Crippen molar-refractivity contribution in [3.8, 4) is 0 Å². The number of rotatable bonds is 3. The summed E-state index contributed by atoms with van der Waals surface area (Å²) >= 11 is 0. The lowest BCUT2D eigenvalue weighted by Gasteiger charge is -2.09. The average Bonchev–Trinajstić information content (AvgIpc) is 2.64. The first-order valence-electron chi connectivity index (χ1n) is 5.58. The van der Waals surface area contributed by atoms with Crippen molar-refractivity contribution in [2.45, 2.75) is 13.0 Å². The molecule has 0 amide bonds. The third kappa shape index (κ3) is 2.02. The number of aryl methyl sites for hydroxylation is 1. The average molecular weight is 250 g/mol. The molecule has 1 aromatic heterocycles. The standard InChI is InChI=1S/C12H14N2O4/c1-3-18-11(16)10(15)7-4-5-9-8(6-7)13-12(17)14(9)2/h4-6,10,15H,3H2,1-2H3,(H,13,17). The van der Waals surface area contributed by atoms with Crippen molar-refractivity contribution in [3.05, 3.63) is 34.2 Å². The maximum atomic E-state index is 11.4. The van der Waals surface area contributed by atoms with Gasteiger partial charge < -0.3 is 14.8 Å². The minimum atomic E-state index is -1.34. The predicted molar refractivity (Wildman–Crippen MR) is 65.1 cm³/mol. The number of imidazole rings is 1. The molecular formula is C12H14N2O4. The number of esters is 1. The first-order chi connectivity index (χ1) is 8.54. The number of H-pyrrole nitrogens is 1. The third-order valence-electron chi connectivity index (χ3n) is 2.75. The highest BCUT2D eigenvalue weighted by Gasteiger charge is 2.19. The zero-order chi connectivity index (χ0) is 13.3. The second-order valence-corrected chi connectivity index (χ2v) is 3.92. The van der Waals surface area contributed by atoms with E-state index >= 15 is 0 Å². The van der Waals surface area contributed by atoms with Crippen LogP contribution in [-0.2, 0) is 16.6 Å². The number of hydrogen-bond acceptors (Lipinski definition) is 4. The number of ether oxygens (including phenoxy) is 1. The van der Waals surface area contributed by atoms with Crippen molar-refractivity contribution < 1.29 is 14.6 Å². The molecule has 0 aliphatic heterocycles. The fourth-order valence-electron chi connectivity index (χ4n) is 1.78. The largest absolute Gasteiger partial charge is 0.464 e. The Hall–Kier alpha value is -2.08. The van der Waals surface area contributed by atoms with Gasteiger partial charge in [-0.1, -0.05) is 6.07 Å². The van der Waals surface area contributed by atoms with Crippen LogP contribution in [0.1, 0.15) is 18.6 Å². The quantitative estimate of drug-likeness (QED) is 0.775. The molecule has 18 heavy (non-hydrogen) atoms. The van der Waals surface area contributed by atoms with Gasteiger partial charge in [-0.3, -0.25) is 4.57 Å². The van der Waals surface area contributed by atoms with Crippen molar-refractivity contribution in [2.75, 3.05) is 6.61 Å². The molecular weight excluding hydrogens is 236 g/mol. The molecule has 0 saturated heterocycles. The van der Waals surface area contributed by atoms with Gasteiger partial charge in [0.05, 0.1) is 17.6 Å². The predicted octanol–water partition coefficient (Wildman–Crippen LogP) is 0.463. The summed E-state index contributed by atoms with van der Waals surface area (Å²) in [5.41, 5.74) is 1.43. The summed E-state index contributed by atoms with van der Waals surface area (Å²) in [7, 11) is 1.64. The Kier molecular flexibility index (Phi) is 3.20. The summed E-state index contributed by atoms with van der Waals surface area (Å²) in [5, 5.41) is 9.78. The van der Waals surface area contributed by atoms with Gasteiger partial charge in [0.1, 0.15) is 0 Å². The lowest BCUT2D eigenvalue weighted by Crippen LogP contribution is -2.15. The summed E-state index contributed by atoms with van der Waals surface area (Å²) < 4.78 is 6.19. The maximum absolute atomic E-state index is 11.4. The van der Waals surface area contributed by atoms with Crippen molar-refractivity contribution in [1.82, 2.24) is 9.55 Å². The Morgan fingerprint density at radius 3 is 2.94 bits per heavy atom. The van der Waals surface area contributed by atoms with Crippen LogP contribution in [0.3, 0.4) is 0 Å². The lowest BCUT2D eigenvalue weighted by molar-refractivity contribution is -0.153. The Balaban J connectivity index is 2.41. The topological polar surface area (TPSA) is 84.3 Å². The van der Waals surface area contributed by atoms with Crippen LogP contribution in [0.5, 0.6) is 0 Å². The first-order valence-corrected chi connectivity index (χ1v) is 5.58. The molecule has 1 unspecified atom stereocenters. The summed E-state index contributed by atoms with van der Waals surface area (Å²) in [4.78, 5) is 25.4. The molecule has 2 aromatic rings. The summed E-state index contributed by atoms with van der Waals surface area (Å²) in [6.45, 7) is 1.88. The number of nitrogens with zero attached hydrogens (tertiary/aromatic N) is 1. The van der Waals surface area contributed by atoms with E-state index in [0.29, 0.717) is 16.6 Å². The van der Waals surface area contributed by atoms with Gasteiger partial charge in [-0.2, -0.15) is 0 Å². The van der Waals surface area contributed by atoms with Gasteiger partial charge >= 0.3 is 11.7 Å². The lowest BCUT2D eigenvalue weighted by atomic mass is 10.1. The number of hydrogen-bond donors (Lipinski definition) is 2. The fraction of sp³-hybridized carbons (Fsp3) is 0.333. The third-order valence-corrected chi connectivity index (χ3v) is 2.75. The zero-order valence-corrected chi connectivity index (χ0v) is 10.1. The highest BCUT2D eigenvalue weighted by molar-refractivity contribution is 5.80. The number of aromatic amines is 1. The second kappa shape index (κ2) is 4.66. The molecule has 0 aliphatic rings. The number of carbonyl (C=O) groups excluding carboxylic acids is 1. The van der Waals surface area contributed by atoms with Gasteiger partial charge in [0, 0.05) is 7.05 Å². The summed E-state index contributed by atoms with van der Waals surface area (Å²) in [5.74, 6) is -0.699. The number of aliphatic hydroxyl groups is 1. The van der Waals surface area contributed by atoms with E-state index in [0.717, 1.165) is 0 Å². The number of aliphatic hydroxyl groups excluding tert-OH is 1. The molecule has 1 atom stereocenters. The summed E-state index contributed by atoms with van der Waals surface area (Å²) in [6.07, 6.45) is -1.34. The first kappa shape index (κ1) is 12.4. The normalized spacial score (nSPS) is 12.6. The fourth-order valence-corrected chi connectivity index (χ4v) is 1.78. The van der Waals surface area contributed by atoms with Gasteiger partial charge in [-0.15, -0.1) is 0 Å². The smallest absolute Gasteiger partial charge is 0.339 e. The van der Waals surface area contributed by atoms with E-state index in [9.17, 15) is 14.7 Å². The van der Waals surface area contributed by atoms with Crippen molar-refractivity contribution in [1.29, 1.82) is 0 Å². The molecule has 0 bridgehead atoms. The van der Waals surface area contributed by atoms with Crippen LogP contribution >= 0.6 is 0 Å². The van der Waals surface area contributed by atoms with E-state index < -0.39 is 12.1 Å². The van der Waals surface area contributed by atoms with Crippen molar-refractivity contribution in [2.24, 2.45) is 7.05 Å². The Morgan fingerprint density at radius 2 is 2.28 bits per heavy atom. The number of carbonyl (C=O) groups is 1. The Bertz CT molecular complexity index is 641. The van der Waals surface area contributed by atoms with E-state index in [1.54, 1.807) is 32.2 Å². The van der Waals surface area contributed by atoms with E-state index in [2.05, 4.69) is 4.98 Å². The molecule has 0 saturated carbocycles. The minimum Gasteiger partial charge on any atom is -0.464 e. The molecule has 96 valence electrons. The van der Waals surface area contributed by atoms with E-state index in [4.69, 9.17) is 4.74 Å². The van der Waals surface area contributed by atoms with Crippen molar-refractivity contribution in [3.63, 3.8) is 0 Å². The molecule has 6 nitrogen and oxygen atoms in total. The van der Waals surface area contributed by atoms with Gasteiger partial charge in [0.25, 0.3) is 0 Å². The van der Waals surface area contributed by atoms with Crippen molar-refractivity contribution >= 4 is 17.0 Å². The van der Waals surface area contributed by atoms with Crippen LogP contribution in [0.4, 0.5) is 0 Å². The van der Waals surface area contributed by atoms with Gasteiger partial charge in [0.15, 0.2) is 6.10 Å². The highest BCUT2D eigenvalue weighted by atomic mass is 16.5. The van der Waals surface area contributed by atoms with Gasteiger partial charge in [0.2, 0.25) is 0 Å². The van der Waals surface area contributed by atoms with E-state index in [1.165, 1.54) is 4.57 Å². The molecule has 0 radical (unpaired) electrons. The molecule has 0 fully saturated rings. The monoisotopic (exact) mass is 250 g/mol. The number of fused-ring (bicyclic) bond motifs is 1. The van der Waals surface area contributed by atoms with E-state index in [1.807, 2.05) is 0 Å². The van der Waals surface area contributed by atoms with Crippen LogP contribution in [0.25, 0.3) is 11.0 Å².